The van der Waals surface area contributed by atoms with Crippen LogP contribution in [0.2, 0.25) is 0 Å². The molecule has 112 valence electrons. The van der Waals surface area contributed by atoms with Gasteiger partial charge in [0.25, 0.3) is 0 Å². The fraction of sp³-hybridized carbons (Fsp3) is 0.471. The number of aromatic nitrogens is 1. The van der Waals surface area contributed by atoms with Crippen molar-refractivity contribution in [1.82, 2.24) is 4.98 Å². The molecule has 2 nitrogen and oxygen atoms in total. The van der Waals surface area contributed by atoms with E-state index in [-0.39, 0.29) is 5.82 Å². The van der Waals surface area contributed by atoms with Crippen molar-refractivity contribution in [2.75, 3.05) is 11.9 Å². The van der Waals surface area contributed by atoms with Crippen LogP contribution in [-0.2, 0) is 12.8 Å². The fourth-order valence-corrected chi connectivity index (χ4v) is 3.77. The molecule has 1 aromatic heterocycles. The summed E-state index contributed by atoms with van der Waals surface area (Å²) in [6.07, 6.45) is 5.55. The van der Waals surface area contributed by atoms with Gasteiger partial charge in [-0.1, -0.05) is 6.42 Å². The standard InChI is InChI=1S/C17H20BrFN2/c1-3-20-17-11-7-5-4-6-8-13(11)21-16-10(2)9-12(18)15(19)14(16)17/h9H,3-8H2,1-2H3,(H,20,21). The van der Waals surface area contributed by atoms with Gasteiger partial charge in [-0.15, -0.1) is 0 Å². The minimum absolute atomic E-state index is 0.203. The molecule has 0 saturated heterocycles. The maximum atomic E-state index is 14.7. The molecular formula is C17H20BrFN2. The Hall–Kier alpha value is -1.16. The van der Waals surface area contributed by atoms with Crippen molar-refractivity contribution in [2.45, 2.75) is 46.0 Å². The van der Waals surface area contributed by atoms with E-state index in [4.69, 9.17) is 4.98 Å². The largest absolute Gasteiger partial charge is 0.384 e. The van der Waals surface area contributed by atoms with E-state index in [0.717, 1.165) is 48.3 Å². The van der Waals surface area contributed by atoms with Crippen LogP contribution in [0.4, 0.5) is 10.1 Å². The smallest absolute Gasteiger partial charge is 0.148 e. The summed E-state index contributed by atoms with van der Waals surface area (Å²) in [6.45, 7) is 4.84. The van der Waals surface area contributed by atoms with Crippen molar-refractivity contribution < 1.29 is 4.39 Å². The van der Waals surface area contributed by atoms with Crippen molar-refractivity contribution in [3.8, 4) is 0 Å². The van der Waals surface area contributed by atoms with Gasteiger partial charge in [0, 0.05) is 12.2 Å². The molecule has 2 aromatic rings. The summed E-state index contributed by atoms with van der Waals surface area (Å²) < 4.78 is 15.2. The second-order valence-electron chi connectivity index (χ2n) is 5.72. The average Bonchev–Trinajstić information content (AvgIpc) is 2.70. The van der Waals surface area contributed by atoms with Crippen molar-refractivity contribution in [2.24, 2.45) is 0 Å². The number of benzene rings is 1. The lowest BCUT2D eigenvalue weighted by Gasteiger charge is -2.18. The number of nitrogens with one attached hydrogen (secondary N) is 1. The first-order valence-corrected chi connectivity index (χ1v) is 8.46. The molecule has 0 fully saturated rings. The Morgan fingerprint density at radius 1 is 1.29 bits per heavy atom. The van der Waals surface area contributed by atoms with E-state index in [9.17, 15) is 4.39 Å². The first kappa shape index (κ1) is 14.8. The van der Waals surface area contributed by atoms with E-state index in [1.54, 1.807) is 0 Å². The highest BCUT2D eigenvalue weighted by Crippen LogP contribution is 2.37. The quantitative estimate of drug-likeness (QED) is 0.758. The molecular weight excluding hydrogens is 331 g/mol. The number of aryl methyl sites for hydroxylation is 2. The lowest BCUT2D eigenvalue weighted by molar-refractivity contribution is 0.632. The van der Waals surface area contributed by atoms with E-state index in [1.165, 1.54) is 18.4 Å². The SMILES string of the molecule is CCNc1c2c(nc3c(C)cc(Br)c(F)c13)CCCCC2. The highest BCUT2D eigenvalue weighted by atomic mass is 79.9. The monoisotopic (exact) mass is 350 g/mol. The molecule has 1 aliphatic carbocycles. The Labute approximate surface area is 133 Å². The number of nitrogens with zero attached hydrogens (tertiary/aromatic N) is 1. The lowest BCUT2D eigenvalue weighted by Crippen LogP contribution is -2.08. The number of hydrogen-bond donors (Lipinski definition) is 1. The first-order valence-electron chi connectivity index (χ1n) is 7.67. The molecule has 0 aliphatic heterocycles. The molecule has 0 saturated carbocycles. The van der Waals surface area contributed by atoms with Crippen LogP contribution in [-0.4, -0.2) is 11.5 Å². The molecule has 0 amide bonds. The summed E-state index contributed by atoms with van der Waals surface area (Å²) in [5.41, 5.74) is 5.15. The minimum atomic E-state index is -0.203. The van der Waals surface area contributed by atoms with Crippen molar-refractivity contribution in [3.63, 3.8) is 0 Å². The predicted octanol–water partition coefficient (Wildman–Crippen LogP) is 5.15. The van der Waals surface area contributed by atoms with Gasteiger partial charge >= 0.3 is 0 Å². The molecule has 0 unspecified atom stereocenters. The maximum absolute atomic E-state index is 14.7. The third kappa shape index (κ3) is 2.54. The van der Waals surface area contributed by atoms with Crippen LogP contribution >= 0.6 is 15.9 Å². The van der Waals surface area contributed by atoms with Gasteiger partial charge in [0.15, 0.2) is 0 Å². The third-order valence-corrected chi connectivity index (χ3v) is 4.80. The van der Waals surface area contributed by atoms with E-state index in [0.29, 0.717) is 9.86 Å². The molecule has 1 N–H and O–H groups in total. The number of halogens is 2. The minimum Gasteiger partial charge on any atom is -0.384 e. The van der Waals surface area contributed by atoms with Gasteiger partial charge in [-0.2, -0.15) is 0 Å². The van der Waals surface area contributed by atoms with E-state index in [2.05, 4.69) is 28.2 Å². The Morgan fingerprint density at radius 3 is 2.81 bits per heavy atom. The number of pyridine rings is 1. The highest BCUT2D eigenvalue weighted by Gasteiger charge is 2.21. The van der Waals surface area contributed by atoms with Gasteiger partial charge in [0.1, 0.15) is 5.82 Å². The zero-order valence-electron chi connectivity index (χ0n) is 12.5. The maximum Gasteiger partial charge on any atom is 0.148 e. The van der Waals surface area contributed by atoms with Gasteiger partial charge in [0.05, 0.1) is 21.1 Å². The second-order valence-corrected chi connectivity index (χ2v) is 6.57. The van der Waals surface area contributed by atoms with Crippen molar-refractivity contribution in [3.05, 3.63) is 33.2 Å². The van der Waals surface area contributed by atoms with Crippen LogP contribution in [0.25, 0.3) is 10.9 Å². The predicted molar refractivity (Wildman–Crippen MR) is 89.6 cm³/mol. The molecule has 1 aliphatic rings. The third-order valence-electron chi connectivity index (χ3n) is 4.22. The Kier molecular flexibility index (Phi) is 4.16. The summed E-state index contributed by atoms with van der Waals surface area (Å²) in [5.74, 6) is -0.203. The van der Waals surface area contributed by atoms with Gasteiger partial charge in [-0.25, -0.2) is 4.39 Å². The summed E-state index contributed by atoms with van der Waals surface area (Å²) >= 11 is 3.33. The van der Waals surface area contributed by atoms with E-state index < -0.39 is 0 Å². The molecule has 3 rings (SSSR count). The van der Waals surface area contributed by atoms with Gasteiger partial charge < -0.3 is 5.32 Å². The summed E-state index contributed by atoms with van der Waals surface area (Å²) in [7, 11) is 0. The first-order chi connectivity index (χ1) is 10.1. The molecule has 0 atom stereocenters. The molecule has 21 heavy (non-hydrogen) atoms. The summed E-state index contributed by atoms with van der Waals surface area (Å²) in [4.78, 5) is 4.82. The zero-order chi connectivity index (χ0) is 15.0. The second kappa shape index (κ2) is 5.91. The molecule has 1 heterocycles. The topological polar surface area (TPSA) is 24.9 Å². The Bertz CT molecular complexity index is 697. The molecule has 4 heteroatoms. The number of anilines is 1. The number of rotatable bonds is 2. The van der Waals surface area contributed by atoms with Gasteiger partial charge in [-0.3, -0.25) is 4.98 Å². The highest BCUT2D eigenvalue weighted by molar-refractivity contribution is 9.10. The average molecular weight is 351 g/mol. The Morgan fingerprint density at radius 2 is 2.05 bits per heavy atom. The van der Waals surface area contributed by atoms with Gasteiger partial charge in [0.2, 0.25) is 0 Å². The van der Waals surface area contributed by atoms with Crippen LogP contribution in [0, 0.1) is 12.7 Å². The molecule has 0 spiro atoms. The molecule has 0 radical (unpaired) electrons. The van der Waals surface area contributed by atoms with Crippen LogP contribution < -0.4 is 5.32 Å². The molecule has 1 aromatic carbocycles. The van der Waals surface area contributed by atoms with E-state index >= 15 is 0 Å². The fourth-order valence-electron chi connectivity index (χ4n) is 3.23. The zero-order valence-corrected chi connectivity index (χ0v) is 14.1. The number of hydrogen-bond acceptors (Lipinski definition) is 2. The van der Waals surface area contributed by atoms with Crippen LogP contribution in [0.1, 0.15) is 43.0 Å². The Balaban J connectivity index is 2.40. The van der Waals surface area contributed by atoms with Gasteiger partial charge in [-0.05, 0) is 72.7 Å². The van der Waals surface area contributed by atoms with Crippen LogP contribution in [0.3, 0.4) is 0 Å². The summed E-state index contributed by atoms with van der Waals surface area (Å²) in [5, 5.41) is 4.04. The normalized spacial score (nSPS) is 14.9. The van der Waals surface area contributed by atoms with Crippen LogP contribution in [0.15, 0.2) is 10.5 Å². The van der Waals surface area contributed by atoms with Crippen molar-refractivity contribution >= 4 is 32.5 Å². The molecule has 0 bridgehead atoms. The van der Waals surface area contributed by atoms with Crippen molar-refractivity contribution in [1.29, 1.82) is 0 Å². The lowest BCUT2D eigenvalue weighted by atomic mass is 9.99. The summed E-state index contributed by atoms with van der Waals surface area (Å²) in [6, 6.07) is 1.82. The number of fused-ring (bicyclic) bond motifs is 2. The van der Waals surface area contributed by atoms with Crippen LogP contribution in [0.5, 0.6) is 0 Å². The van der Waals surface area contributed by atoms with E-state index in [1.807, 2.05) is 13.0 Å².